The van der Waals surface area contributed by atoms with Crippen LogP contribution < -0.4 is 10.6 Å². The predicted octanol–water partition coefficient (Wildman–Crippen LogP) is 0.862. The highest BCUT2D eigenvalue weighted by Gasteiger charge is 2.42. The number of hydrogen-bond acceptors (Lipinski definition) is 4. The van der Waals surface area contributed by atoms with Crippen LogP contribution in [0, 0.1) is 0 Å². The number of urea groups is 1. The number of hydrogen-bond donors (Lipinski definition) is 2. The molecule has 0 radical (unpaired) electrons. The lowest BCUT2D eigenvalue weighted by Crippen LogP contribution is -2.55. The van der Waals surface area contributed by atoms with Crippen molar-refractivity contribution in [3.05, 3.63) is 34.3 Å². The molecule has 1 aromatic rings. The first kappa shape index (κ1) is 16.9. The van der Waals surface area contributed by atoms with Crippen molar-refractivity contribution in [1.82, 2.24) is 20.4 Å². The lowest BCUT2D eigenvalue weighted by atomic mass is 10.1. The molecule has 2 aliphatic heterocycles. The van der Waals surface area contributed by atoms with Crippen LogP contribution in [0.25, 0.3) is 0 Å². The monoisotopic (exact) mass is 394 g/mol. The molecule has 24 heavy (non-hydrogen) atoms. The van der Waals surface area contributed by atoms with Crippen LogP contribution in [0.15, 0.2) is 28.7 Å². The molecule has 2 saturated heterocycles. The third-order valence-electron chi connectivity index (χ3n) is 4.37. The molecule has 2 fully saturated rings. The Morgan fingerprint density at radius 2 is 2.04 bits per heavy atom. The van der Waals surface area contributed by atoms with Gasteiger partial charge in [-0.15, -0.1) is 0 Å². The fraction of sp³-hybridized carbons (Fsp3) is 0.438. The summed E-state index contributed by atoms with van der Waals surface area (Å²) < 4.78 is 0.993. The molecule has 128 valence electrons. The lowest BCUT2D eigenvalue weighted by Gasteiger charge is -2.35. The Morgan fingerprint density at radius 3 is 2.75 bits per heavy atom. The number of benzene rings is 1. The molecule has 0 bridgehead atoms. The highest BCUT2D eigenvalue weighted by atomic mass is 79.9. The Hall–Kier alpha value is -1.93. The standard InChI is InChI=1S/C16H19BrN4O3/c1-10(11-2-4-12(17)5-3-11)18-14(22)9-20-6-7-21-13(8-20)15(23)19-16(21)24/h2-5,10,13H,6-9H2,1H3,(H,18,22)(H,19,23,24)/t10-,13-/m0/s1. The summed E-state index contributed by atoms with van der Waals surface area (Å²) in [6, 6.07) is 6.88. The van der Waals surface area contributed by atoms with Crippen LogP contribution in [0.3, 0.4) is 0 Å². The highest BCUT2D eigenvalue weighted by molar-refractivity contribution is 9.10. The normalized spacial score (nSPS) is 22.1. The highest BCUT2D eigenvalue weighted by Crippen LogP contribution is 2.17. The van der Waals surface area contributed by atoms with Crippen molar-refractivity contribution < 1.29 is 14.4 Å². The Bertz CT molecular complexity index is 664. The molecule has 2 atom stereocenters. The van der Waals surface area contributed by atoms with E-state index in [-0.39, 0.29) is 30.4 Å². The molecule has 7 nitrogen and oxygen atoms in total. The Labute approximate surface area is 148 Å². The second-order valence-electron chi connectivity index (χ2n) is 6.08. The fourth-order valence-electron chi connectivity index (χ4n) is 3.04. The van der Waals surface area contributed by atoms with Gasteiger partial charge in [0.25, 0.3) is 5.91 Å². The van der Waals surface area contributed by atoms with Crippen molar-refractivity contribution in [1.29, 1.82) is 0 Å². The van der Waals surface area contributed by atoms with E-state index in [2.05, 4.69) is 26.6 Å². The van der Waals surface area contributed by atoms with E-state index in [0.29, 0.717) is 19.6 Å². The summed E-state index contributed by atoms with van der Waals surface area (Å²) in [7, 11) is 0. The first-order valence-electron chi connectivity index (χ1n) is 7.82. The van der Waals surface area contributed by atoms with Crippen LogP contribution in [0.2, 0.25) is 0 Å². The lowest BCUT2D eigenvalue weighted by molar-refractivity contribution is -0.126. The number of piperazine rings is 1. The number of carbonyl (C=O) groups is 3. The zero-order valence-electron chi connectivity index (χ0n) is 13.3. The average molecular weight is 395 g/mol. The van der Waals surface area contributed by atoms with E-state index in [1.807, 2.05) is 36.1 Å². The van der Waals surface area contributed by atoms with Gasteiger partial charge in [0, 0.05) is 24.1 Å². The largest absolute Gasteiger partial charge is 0.348 e. The van der Waals surface area contributed by atoms with Gasteiger partial charge in [0.15, 0.2) is 0 Å². The van der Waals surface area contributed by atoms with Gasteiger partial charge in [0.05, 0.1) is 12.6 Å². The molecule has 1 aromatic carbocycles. The molecule has 4 amide bonds. The topological polar surface area (TPSA) is 81.8 Å². The summed E-state index contributed by atoms with van der Waals surface area (Å²) in [6.45, 7) is 3.57. The molecule has 2 heterocycles. The molecular formula is C16H19BrN4O3. The second kappa shape index (κ2) is 6.90. The van der Waals surface area contributed by atoms with Gasteiger partial charge in [-0.2, -0.15) is 0 Å². The summed E-state index contributed by atoms with van der Waals surface area (Å²) in [4.78, 5) is 39.0. The van der Waals surface area contributed by atoms with Crippen LogP contribution >= 0.6 is 15.9 Å². The quantitative estimate of drug-likeness (QED) is 0.742. The smallest absolute Gasteiger partial charge is 0.324 e. The first-order chi connectivity index (χ1) is 11.4. The van der Waals surface area contributed by atoms with Gasteiger partial charge in [0.1, 0.15) is 6.04 Å². The van der Waals surface area contributed by atoms with E-state index >= 15 is 0 Å². The van der Waals surface area contributed by atoms with Gasteiger partial charge in [0.2, 0.25) is 5.91 Å². The average Bonchev–Trinajstić information content (AvgIpc) is 2.82. The summed E-state index contributed by atoms with van der Waals surface area (Å²) in [5, 5.41) is 5.27. The van der Waals surface area contributed by atoms with Crippen LogP contribution in [0.5, 0.6) is 0 Å². The van der Waals surface area contributed by atoms with Gasteiger partial charge < -0.3 is 10.2 Å². The maximum atomic E-state index is 12.3. The van der Waals surface area contributed by atoms with Crippen molar-refractivity contribution in [2.45, 2.75) is 19.0 Å². The van der Waals surface area contributed by atoms with Crippen molar-refractivity contribution in [3.63, 3.8) is 0 Å². The molecular weight excluding hydrogens is 376 g/mol. The van der Waals surface area contributed by atoms with E-state index in [0.717, 1.165) is 10.0 Å². The summed E-state index contributed by atoms with van der Waals surface area (Å²) in [6.07, 6.45) is 0. The van der Waals surface area contributed by atoms with Crippen molar-refractivity contribution in [3.8, 4) is 0 Å². The SMILES string of the molecule is C[C@H](NC(=O)CN1CCN2C(=O)NC(=O)[C@@H]2C1)c1ccc(Br)cc1. The number of nitrogens with one attached hydrogen (secondary N) is 2. The van der Waals surface area contributed by atoms with Gasteiger partial charge in [-0.3, -0.25) is 19.8 Å². The molecule has 0 saturated carbocycles. The molecule has 2 aliphatic rings. The van der Waals surface area contributed by atoms with Gasteiger partial charge in [-0.05, 0) is 24.6 Å². The van der Waals surface area contributed by atoms with Crippen LogP contribution in [0.4, 0.5) is 4.79 Å². The number of carbonyl (C=O) groups excluding carboxylic acids is 3. The number of amides is 4. The summed E-state index contributed by atoms with van der Waals surface area (Å²) >= 11 is 3.39. The van der Waals surface area contributed by atoms with Crippen LogP contribution in [-0.2, 0) is 9.59 Å². The molecule has 0 unspecified atom stereocenters. The third-order valence-corrected chi connectivity index (χ3v) is 4.90. The van der Waals surface area contributed by atoms with Crippen LogP contribution in [0.1, 0.15) is 18.5 Å². The van der Waals surface area contributed by atoms with Crippen molar-refractivity contribution in [2.75, 3.05) is 26.2 Å². The number of rotatable bonds is 4. The Balaban J connectivity index is 1.53. The number of nitrogens with zero attached hydrogens (tertiary/aromatic N) is 2. The van der Waals surface area contributed by atoms with Gasteiger partial charge >= 0.3 is 6.03 Å². The van der Waals surface area contributed by atoms with Crippen molar-refractivity contribution >= 4 is 33.8 Å². The minimum atomic E-state index is -0.483. The molecule has 0 aliphatic carbocycles. The predicted molar refractivity (Wildman–Crippen MR) is 91.2 cm³/mol. The van der Waals surface area contributed by atoms with E-state index < -0.39 is 6.04 Å². The maximum Gasteiger partial charge on any atom is 0.324 e. The van der Waals surface area contributed by atoms with Gasteiger partial charge in [-0.25, -0.2) is 4.79 Å². The summed E-state index contributed by atoms with van der Waals surface area (Å²) in [5.41, 5.74) is 1.03. The molecule has 0 spiro atoms. The minimum absolute atomic E-state index is 0.0939. The number of imide groups is 1. The van der Waals surface area contributed by atoms with E-state index in [9.17, 15) is 14.4 Å². The van der Waals surface area contributed by atoms with Crippen molar-refractivity contribution in [2.24, 2.45) is 0 Å². The molecule has 0 aromatic heterocycles. The fourth-order valence-corrected chi connectivity index (χ4v) is 3.30. The number of fused-ring (bicyclic) bond motifs is 1. The number of halogens is 1. The van der Waals surface area contributed by atoms with E-state index in [4.69, 9.17) is 0 Å². The second-order valence-corrected chi connectivity index (χ2v) is 7.00. The Morgan fingerprint density at radius 1 is 1.33 bits per heavy atom. The maximum absolute atomic E-state index is 12.3. The van der Waals surface area contributed by atoms with E-state index in [1.54, 1.807) is 0 Å². The molecule has 2 N–H and O–H groups in total. The van der Waals surface area contributed by atoms with Crippen LogP contribution in [-0.4, -0.2) is 59.9 Å². The Kier molecular flexibility index (Phi) is 4.86. The van der Waals surface area contributed by atoms with Gasteiger partial charge in [-0.1, -0.05) is 28.1 Å². The zero-order valence-corrected chi connectivity index (χ0v) is 14.9. The first-order valence-corrected chi connectivity index (χ1v) is 8.62. The molecule has 8 heteroatoms. The summed E-state index contributed by atoms with van der Waals surface area (Å²) in [5.74, 6) is -0.378. The molecule has 3 rings (SSSR count). The zero-order chi connectivity index (χ0) is 17.3. The van der Waals surface area contributed by atoms with E-state index in [1.165, 1.54) is 4.90 Å². The third kappa shape index (κ3) is 3.59. The minimum Gasteiger partial charge on any atom is -0.348 e.